The van der Waals surface area contributed by atoms with Crippen LogP contribution in [0.15, 0.2) is 18.2 Å². The number of rotatable bonds is 5. The number of nitrogens with zero attached hydrogens (tertiary/aromatic N) is 1. The van der Waals surface area contributed by atoms with Crippen molar-refractivity contribution < 1.29 is 9.53 Å². The Morgan fingerprint density at radius 3 is 2.58 bits per heavy atom. The van der Waals surface area contributed by atoms with Crippen molar-refractivity contribution in [2.45, 2.75) is 32.6 Å². The van der Waals surface area contributed by atoms with Gasteiger partial charge in [0.15, 0.2) is 5.78 Å². The summed E-state index contributed by atoms with van der Waals surface area (Å²) in [7, 11) is 1.67. The molecule has 0 radical (unpaired) electrons. The van der Waals surface area contributed by atoms with Gasteiger partial charge in [-0.15, -0.1) is 0 Å². The molecule has 1 heterocycles. The van der Waals surface area contributed by atoms with Crippen LogP contribution in [0.2, 0.25) is 0 Å². The Bertz CT molecular complexity index is 448. The maximum absolute atomic E-state index is 12.3. The molecular weight excluding hydrogens is 238 g/mol. The topological polar surface area (TPSA) is 29.5 Å². The summed E-state index contributed by atoms with van der Waals surface area (Å²) in [6.07, 6.45) is 2.43. The van der Waals surface area contributed by atoms with E-state index in [-0.39, 0.29) is 5.78 Å². The van der Waals surface area contributed by atoms with Gasteiger partial charge in [0.25, 0.3) is 0 Å². The van der Waals surface area contributed by atoms with Crippen molar-refractivity contribution in [3.05, 3.63) is 29.3 Å². The molecule has 0 saturated carbocycles. The van der Waals surface area contributed by atoms with Crippen LogP contribution in [0.25, 0.3) is 0 Å². The summed E-state index contributed by atoms with van der Waals surface area (Å²) in [4.78, 5) is 14.5. The van der Waals surface area contributed by atoms with Crippen molar-refractivity contribution in [1.29, 1.82) is 0 Å². The molecule has 2 rings (SSSR count). The molecule has 0 bridgehead atoms. The van der Waals surface area contributed by atoms with Gasteiger partial charge >= 0.3 is 0 Å². The standard InChI is InChI=1S/C16H23NO2/c1-12(2)14-10-13(6-7-16(14)19-3)15(18)11-17-8-4-5-9-17/h6-7,10,12H,4-5,8-9,11H2,1-3H3. The number of Topliss-reactive ketones (excluding diaryl/α,β-unsaturated/α-hetero) is 1. The molecule has 0 amide bonds. The van der Waals surface area contributed by atoms with Gasteiger partial charge in [-0.2, -0.15) is 0 Å². The Kier molecular flexibility index (Phi) is 4.59. The van der Waals surface area contributed by atoms with E-state index in [0.29, 0.717) is 12.5 Å². The van der Waals surface area contributed by atoms with Crippen molar-refractivity contribution >= 4 is 5.78 Å². The third-order valence-electron chi connectivity index (χ3n) is 3.74. The third-order valence-corrected chi connectivity index (χ3v) is 3.74. The van der Waals surface area contributed by atoms with Crippen LogP contribution in [-0.2, 0) is 0 Å². The molecule has 0 aliphatic carbocycles. The van der Waals surface area contributed by atoms with Crippen LogP contribution in [0.1, 0.15) is 48.5 Å². The highest BCUT2D eigenvalue weighted by molar-refractivity contribution is 5.98. The molecule has 104 valence electrons. The summed E-state index contributed by atoms with van der Waals surface area (Å²) < 4.78 is 5.35. The van der Waals surface area contributed by atoms with Gasteiger partial charge in [0, 0.05) is 5.56 Å². The van der Waals surface area contributed by atoms with Crippen molar-refractivity contribution in [1.82, 2.24) is 4.90 Å². The average Bonchev–Trinajstić information content (AvgIpc) is 2.90. The molecule has 0 aromatic heterocycles. The first-order chi connectivity index (χ1) is 9.11. The predicted molar refractivity (Wildman–Crippen MR) is 77.1 cm³/mol. The summed E-state index contributed by atoms with van der Waals surface area (Å²) in [5.74, 6) is 1.44. The molecule has 0 atom stereocenters. The van der Waals surface area contributed by atoms with Crippen molar-refractivity contribution in [2.75, 3.05) is 26.7 Å². The average molecular weight is 261 g/mol. The summed E-state index contributed by atoms with van der Waals surface area (Å²) in [5, 5.41) is 0. The molecule has 3 heteroatoms. The fourth-order valence-corrected chi connectivity index (χ4v) is 2.59. The van der Waals surface area contributed by atoms with E-state index >= 15 is 0 Å². The second kappa shape index (κ2) is 6.20. The first-order valence-corrected chi connectivity index (χ1v) is 7.05. The maximum atomic E-state index is 12.3. The van der Waals surface area contributed by atoms with E-state index in [9.17, 15) is 4.79 Å². The van der Waals surface area contributed by atoms with E-state index in [0.717, 1.165) is 30.0 Å². The molecule has 1 aliphatic heterocycles. The Morgan fingerprint density at radius 2 is 2.00 bits per heavy atom. The van der Waals surface area contributed by atoms with Gasteiger partial charge in [-0.3, -0.25) is 9.69 Å². The van der Waals surface area contributed by atoms with Gasteiger partial charge < -0.3 is 4.74 Å². The van der Waals surface area contributed by atoms with Crippen molar-refractivity contribution in [3.8, 4) is 5.75 Å². The van der Waals surface area contributed by atoms with E-state index in [1.54, 1.807) is 7.11 Å². The Morgan fingerprint density at radius 1 is 1.32 bits per heavy atom. The zero-order valence-corrected chi connectivity index (χ0v) is 12.1. The molecule has 0 spiro atoms. The number of likely N-dealkylation sites (tertiary alicyclic amines) is 1. The molecule has 1 aromatic rings. The highest BCUT2D eigenvalue weighted by Gasteiger charge is 2.17. The van der Waals surface area contributed by atoms with E-state index in [4.69, 9.17) is 4.74 Å². The van der Waals surface area contributed by atoms with Gasteiger partial charge in [0.1, 0.15) is 5.75 Å². The minimum atomic E-state index is 0.214. The van der Waals surface area contributed by atoms with Crippen LogP contribution < -0.4 is 4.74 Å². The first-order valence-electron chi connectivity index (χ1n) is 7.05. The third kappa shape index (κ3) is 3.35. The molecule has 1 saturated heterocycles. The monoisotopic (exact) mass is 261 g/mol. The zero-order valence-electron chi connectivity index (χ0n) is 12.1. The zero-order chi connectivity index (χ0) is 13.8. The SMILES string of the molecule is COc1ccc(C(=O)CN2CCCC2)cc1C(C)C. The number of hydrogen-bond donors (Lipinski definition) is 0. The molecule has 19 heavy (non-hydrogen) atoms. The lowest BCUT2D eigenvalue weighted by Crippen LogP contribution is -2.26. The van der Waals surface area contributed by atoms with Gasteiger partial charge in [-0.1, -0.05) is 13.8 Å². The fraction of sp³-hybridized carbons (Fsp3) is 0.562. The van der Waals surface area contributed by atoms with Gasteiger partial charge in [-0.25, -0.2) is 0 Å². The summed E-state index contributed by atoms with van der Waals surface area (Å²) in [5.41, 5.74) is 1.91. The summed E-state index contributed by atoms with van der Waals surface area (Å²) >= 11 is 0. The number of hydrogen-bond acceptors (Lipinski definition) is 3. The number of ether oxygens (including phenoxy) is 1. The van der Waals surface area contributed by atoms with Crippen molar-refractivity contribution in [3.63, 3.8) is 0 Å². The minimum Gasteiger partial charge on any atom is -0.496 e. The summed E-state index contributed by atoms with van der Waals surface area (Å²) in [6, 6.07) is 5.78. The highest BCUT2D eigenvalue weighted by Crippen LogP contribution is 2.27. The van der Waals surface area contributed by atoms with Crippen LogP contribution in [-0.4, -0.2) is 37.4 Å². The van der Waals surface area contributed by atoms with Gasteiger partial charge in [-0.05, 0) is 55.6 Å². The normalized spacial score (nSPS) is 16.0. The lowest BCUT2D eigenvalue weighted by molar-refractivity contribution is 0.0945. The second-order valence-electron chi connectivity index (χ2n) is 5.52. The quantitative estimate of drug-likeness (QED) is 0.763. The molecule has 3 nitrogen and oxygen atoms in total. The molecule has 0 unspecified atom stereocenters. The highest BCUT2D eigenvalue weighted by atomic mass is 16.5. The van der Waals surface area contributed by atoms with Crippen molar-refractivity contribution in [2.24, 2.45) is 0 Å². The number of benzene rings is 1. The number of methoxy groups -OCH3 is 1. The van der Waals surface area contributed by atoms with Crippen LogP contribution in [0.4, 0.5) is 0 Å². The van der Waals surface area contributed by atoms with Gasteiger partial charge in [0.05, 0.1) is 13.7 Å². The van der Waals surface area contributed by atoms with Crippen LogP contribution in [0.5, 0.6) is 5.75 Å². The molecule has 1 aliphatic rings. The molecule has 1 fully saturated rings. The first kappa shape index (κ1) is 14.1. The predicted octanol–water partition coefficient (Wildman–Crippen LogP) is 3.10. The fourth-order valence-electron chi connectivity index (χ4n) is 2.59. The number of ketones is 1. The molecular formula is C16H23NO2. The van der Waals surface area contributed by atoms with E-state index < -0.39 is 0 Å². The van der Waals surface area contributed by atoms with Gasteiger partial charge in [0.2, 0.25) is 0 Å². The van der Waals surface area contributed by atoms with E-state index in [2.05, 4.69) is 18.7 Å². The molecule has 1 aromatic carbocycles. The number of carbonyl (C=O) groups excluding carboxylic acids is 1. The molecule has 0 N–H and O–H groups in total. The maximum Gasteiger partial charge on any atom is 0.176 e. The number of carbonyl (C=O) groups is 1. The largest absolute Gasteiger partial charge is 0.496 e. The lowest BCUT2D eigenvalue weighted by atomic mass is 9.98. The lowest BCUT2D eigenvalue weighted by Gasteiger charge is -2.16. The second-order valence-corrected chi connectivity index (χ2v) is 5.52. The van der Waals surface area contributed by atoms with Crippen LogP contribution >= 0.6 is 0 Å². The van der Waals surface area contributed by atoms with Crippen LogP contribution in [0.3, 0.4) is 0 Å². The Hall–Kier alpha value is -1.35. The van der Waals surface area contributed by atoms with Crippen LogP contribution in [0, 0.1) is 0 Å². The Balaban J connectivity index is 2.15. The minimum absolute atomic E-state index is 0.214. The van der Waals surface area contributed by atoms with E-state index in [1.165, 1.54) is 12.8 Å². The smallest absolute Gasteiger partial charge is 0.176 e. The Labute approximate surface area is 115 Å². The van der Waals surface area contributed by atoms with E-state index in [1.807, 2.05) is 18.2 Å². The summed E-state index contributed by atoms with van der Waals surface area (Å²) in [6.45, 7) is 6.89.